The van der Waals surface area contributed by atoms with Crippen molar-refractivity contribution in [1.29, 1.82) is 0 Å². The fourth-order valence-electron chi connectivity index (χ4n) is 4.62. The van der Waals surface area contributed by atoms with E-state index in [2.05, 4.69) is 12.6 Å². The number of carbonyl (C=O) groups excluding carboxylic acids is 1. The van der Waals surface area contributed by atoms with Gasteiger partial charge in [-0.2, -0.15) is 8.78 Å². The van der Waals surface area contributed by atoms with Gasteiger partial charge in [-0.1, -0.05) is 0 Å². The number of nitrogens with two attached hydrogens (primary N) is 1. The molecule has 0 amide bonds. The molecule has 4 rings (SSSR count). The lowest BCUT2D eigenvalue weighted by Gasteiger charge is -2.29. The van der Waals surface area contributed by atoms with Crippen LogP contribution >= 0.6 is 12.6 Å². The lowest BCUT2D eigenvalue weighted by molar-refractivity contribution is -0.0488. The number of aromatic nitrogens is 1. The first-order valence-corrected chi connectivity index (χ1v) is 11.7. The molecule has 0 bridgehead atoms. The Morgan fingerprint density at radius 2 is 2.00 bits per heavy atom. The Labute approximate surface area is 200 Å². The average Bonchev–Trinajstić information content (AvgIpc) is 3.43. The number of hydrogen-bond acceptors (Lipinski definition) is 7. The number of carbonyl (C=O) groups is 1. The standard InChI is InChI=1S/C23H28F3N3O4S/c1-4-32-21(31)15-18(30)13-9-14(24)17(28-8-7-11(10-28)23(2,3)27)19(33-22(25)26)16(13)29(20(15)34)12-5-6-12/h9,11-12,22,34H,4-8,10,27H2,1-3H3. The molecule has 34 heavy (non-hydrogen) atoms. The summed E-state index contributed by atoms with van der Waals surface area (Å²) in [5.74, 6) is -2.23. The van der Waals surface area contributed by atoms with E-state index in [1.165, 1.54) is 4.57 Å². The van der Waals surface area contributed by atoms with E-state index in [0.717, 1.165) is 6.07 Å². The molecule has 2 N–H and O–H groups in total. The maximum atomic E-state index is 15.5. The van der Waals surface area contributed by atoms with E-state index in [-0.39, 0.29) is 45.7 Å². The summed E-state index contributed by atoms with van der Waals surface area (Å²) in [6, 6.07) is 0.789. The van der Waals surface area contributed by atoms with Crippen LogP contribution in [0.3, 0.4) is 0 Å². The summed E-state index contributed by atoms with van der Waals surface area (Å²) in [5, 5.41) is -0.253. The quantitative estimate of drug-likeness (QED) is 0.441. The van der Waals surface area contributed by atoms with Crippen molar-refractivity contribution in [3.05, 3.63) is 27.7 Å². The lowest BCUT2D eigenvalue weighted by atomic mass is 9.88. The summed E-state index contributed by atoms with van der Waals surface area (Å²) >= 11 is 4.42. The van der Waals surface area contributed by atoms with Crippen LogP contribution in [0, 0.1) is 11.7 Å². The molecule has 7 nitrogen and oxygen atoms in total. The number of pyridine rings is 1. The van der Waals surface area contributed by atoms with E-state index in [4.69, 9.17) is 15.2 Å². The Hall–Kier alpha value is -2.40. The summed E-state index contributed by atoms with van der Waals surface area (Å²) in [6.07, 6.45) is 2.01. The van der Waals surface area contributed by atoms with Gasteiger partial charge in [0, 0.05) is 24.7 Å². The van der Waals surface area contributed by atoms with Gasteiger partial charge in [-0.25, -0.2) is 9.18 Å². The minimum absolute atomic E-state index is 0.000693. The minimum atomic E-state index is -3.26. The summed E-state index contributed by atoms with van der Waals surface area (Å²) in [5.41, 5.74) is 4.34. The molecular weight excluding hydrogens is 471 g/mol. The van der Waals surface area contributed by atoms with Crippen LogP contribution < -0.4 is 20.8 Å². The van der Waals surface area contributed by atoms with Gasteiger partial charge in [0.2, 0.25) is 5.43 Å². The number of esters is 1. The molecule has 2 heterocycles. The summed E-state index contributed by atoms with van der Waals surface area (Å²) in [6.45, 7) is 2.80. The van der Waals surface area contributed by atoms with Crippen molar-refractivity contribution >= 4 is 35.2 Å². The Morgan fingerprint density at radius 1 is 1.32 bits per heavy atom. The van der Waals surface area contributed by atoms with Crippen LogP contribution in [0.15, 0.2) is 15.9 Å². The van der Waals surface area contributed by atoms with Crippen LogP contribution in [-0.2, 0) is 4.74 Å². The first-order chi connectivity index (χ1) is 16.0. The van der Waals surface area contributed by atoms with Gasteiger partial charge in [-0.15, -0.1) is 12.6 Å². The van der Waals surface area contributed by atoms with Crippen LogP contribution in [-0.4, -0.2) is 42.4 Å². The van der Waals surface area contributed by atoms with Crippen molar-refractivity contribution in [1.82, 2.24) is 4.57 Å². The number of halogens is 3. The predicted molar refractivity (Wildman–Crippen MR) is 125 cm³/mol. The first kappa shape index (κ1) is 24.7. The molecule has 1 aromatic heterocycles. The second kappa shape index (κ2) is 8.99. The third kappa shape index (κ3) is 4.35. The van der Waals surface area contributed by atoms with E-state index in [1.807, 2.05) is 13.8 Å². The van der Waals surface area contributed by atoms with Crippen LogP contribution in [0.1, 0.15) is 56.4 Å². The molecule has 0 radical (unpaired) electrons. The summed E-state index contributed by atoms with van der Waals surface area (Å²) in [7, 11) is 0. The van der Waals surface area contributed by atoms with E-state index in [0.29, 0.717) is 32.4 Å². The lowest BCUT2D eigenvalue weighted by Crippen LogP contribution is -2.42. The van der Waals surface area contributed by atoms with Crippen molar-refractivity contribution in [2.45, 2.75) is 63.3 Å². The number of rotatable bonds is 7. The zero-order valence-corrected chi connectivity index (χ0v) is 20.1. The molecule has 2 aliphatic rings. The normalized spacial score (nSPS) is 18.7. The largest absolute Gasteiger partial charge is 0.462 e. The van der Waals surface area contributed by atoms with E-state index in [9.17, 15) is 18.4 Å². The highest BCUT2D eigenvalue weighted by Gasteiger charge is 2.38. The van der Waals surface area contributed by atoms with Gasteiger partial charge >= 0.3 is 12.6 Å². The molecule has 1 atom stereocenters. The Balaban J connectivity index is 2.02. The fraction of sp³-hybridized carbons (Fsp3) is 0.565. The van der Waals surface area contributed by atoms with Gasteiger partial charge in [0.05, 0.1) is 22.5 Å². The van der Waals surface area contributed by atoms with E-state index < -0.39 is 35.1 Å². The molecule has 186 valence electrons. The van der Waals surface area contributed by atoms with Gasteiger partial charge in [0.15, 0.2) is 11.6 Å². The zero-order chi connectivity index (χ0) is 24.9. The van der Waals surface area contributed by atoms with Gasteiger partial charge < -0.3 is 24.7 Å². The highest BCUT2D eigenvalue weighted by Crippen LogP contribution is 2.47. The molecule has 11 heteroatoms. The number of thiol groups is 1. The number of benzene rings is 1. The predicted octanol–water partition coefficient (Wildman–Crippen LogP) is 4.11. The smallest absolute Gasteiger partial charge is 0.387 e. The van der Waals surface area contributed by atoms with Crippen LogP contribution in [0.25, 0.3) is 10.9 Å². The Morgan fingerprint density at radius 3 is 2.53 bits per heavy atom. The molecule has 1 aliphatic heterocycles. The molecule has 2 fully saturated rings. The van der Waals surface area contributed by atoms with Gasteiger partial charge in [0.25, 0.3) is 0 Å². The number of hydrogen-bond donors (Lipinski definition) is 2. The second-order valence-corrected chi connectivity index (χ2v) is 9.84. The Bertz CT molecular complexity index is 1190. The third-order valence-corrected chi connectivity index (χ3v) is 6.94. The van der Waals surface area contributed by atoms with Crippen molar-refractivity contribution < 1.29 is 27.4 Å². The molecule has 2 aromatic rings. The van der Waals surface area contributed by atoms with Crippen LogP contribution in [0.2, 0.25) is 0 Å². The highest BCUT2D eigenvalue weighted by molar-refractivity contribution is 7.80. The average molecular weight is 500 g/mol. The minimum Gasteiger partial charge on any atom is -0.462 e. The van der Waals surface area contributed by atoms with Gasteiger partial charge in [-0.3, -0.25) is 4.79 Å². The maximum Gasteiger partial charge on any atom is 0.387 e. The zero-order valence-electron chi connectivity index (χ0n) is 19.2. The third-order valence-electron chi connectivity index (χ3n) is 6.50. The highest BCUT2D eigenvalue weighted by atomic mass is 32.1. The number of fused-ring (bicyclic) bond motifs is 1. The second-order valence-electron chi connectivity index (χ2n) is 9.41. The maximum absolute atomic E-state index is 15.5. The topological polar surface area (TPSA) is 86.8 Å². The van der Waals surface area contributed by atoms with Crippen molar-refractivity contribution in [2.24, 2.45) is 11.7 Å². The summed E-state index contributed by atoms with van der Waals surface area (Å²) in [4.78, 5) is 27.4. The Kier molecular flexibility index (Phi) is 6.54. The SMILES string of the molecule is CCOC(=O)c1c(S)n(C2CC2)c2c(OC(F)F)c(N3CCC(C(C)(C)N)C3)c(F)cc2c1=O. The number of ether oxygens (including phenoxy) is 2. The molecule has 1 aliphatic carbocycles. The van der Waals surface area contributed by atoms with Gasteiger partial charge in [0.1, 0.15) is 11.3 Å². The molecule has 1 aromatic carbocycles. The molecule has 0 spiro atoms. The molecular formula is C23H28F3N3O4S. The van der Waals surface area contributed by atoms with E-state index >= 15 is 4.39 Å². The van der Waals surface area contributed by atoms with Crippen LogP contribution in [0.5, 0.6) is 5.75 Å². The van der Waals surface area contributed by atoms with Crippen molar-refractivity contribution in [3.63, 3.8) is 0 Å². The number of nitrogens with zero attached hydrogens (tertiary/aromatic N) is 2. The van der Waals surface area contributed by atoms with Gasteiger partial charge in [-0.05, 0) is 52.0 Å². The number of alkyl halides is 2. The van der Waals surface area contributed by atoms with Crippen molar-refractivity contribution in [3.8, 4) is 5.75 Å². The van der Waals surface area contributed by atoms with Crippen molar-refractivity contribution in [2.75, 3.05) is 24.6 Å². The number of anilines is 1. The fourth-order valence-corrected chi connectivity index (χ4v) is 5.08. The van der Waals surface area contributed by atoms with Crippen LogP contribution in [0.4, 0.5) is 18.9 Å². The summed E-state index contributed by atoms with van der Waals surface area (Å²) < 4.78 is 54.2. The molecule has 1 saturated carbocycles. The first-order valence-electron chi connectivity index (χ1n) is 11.2. The monoisotopic (exact) mass is 499 g/mol. The molecule has 1 unspecified atom stereocenters. The molecule has 1 saturated heterocycles. The van der Waals surface area contributed by atoms with E-state index in [1.54, 1.807) is 11.8 Å².